The van der Waals surface area contributed by atoms with E-state index in [1.54, 1.807) is 34.9 Å². The molecule has 0 unspecified atom stereocenters. The number of carbonyl (C=O) groups is 1. The van der Waals surface area contributed by atoms with Crippen LogP contribution in [-0.4, -0.2) is 60.3 Å². The van der Waals surface area contributed by atoms with Gasteiger partial charge in [-0.3, -0.25) is 4.79 Å². The molecule has 2 aromatic carbocycles. The maximum atomic E-state index is 13.4. The SMILES string of the molecule is CSCC[C@H](NS(=O)(=O)c1ccccc1)C(=O)N1CCC[C@H](c2nc3ccccc3[nH]2)C1. The number of sulfonamides is 1. The van der Waals surface area contributed by atoms with Gasteiger partial charge in [0.15, 0.2) is 0 Å². The molecule has 2 atom stereocenters. The van der Waals surface area contributed by atoms with Gasteiger partial charge in [0.05, 0.1) is 15.9 Å². The van der Waals surface area contributed by atoms with Crippen LogP contribution in [0.3, 0.4) is 0 Å². The van der Waals surface area contributed by atoms with Crippen molar-refractivity contribution in [1.29, 1.82) is 0 Å². The molecule has 1 aliphatic heterocycles. The number of benzene rings is 2. The number of aromatic nitrogens is 2. The summed E-state index contributed by atoms with van der Waals surface area (Å²) in [7, 11) is -3.78. The van der Waals surface area contributed by atoms with Gasteiger partial charge in [-0.25, -0.2) is 13.4 Å². The number of thioether (sulfide) groups is 1. The van der Waals surface area contributed by atoms with Crippen LogP contribution in [0.4, 0.5) is 0 Å². The van der Waals surface area contributed by atoms with Crippen LogP contribution in [-0.2, 0) is 14.8 Å². The van der Waals surface area contributed by atoms with E-state index < -0.39 is 16.1 Å². The van der Waals surface area contributed by atoms with Crippen molar-refractivity contribution in [2.45, 2.75) is 36.1 Å². The summed E-state index contributed by atoms with van der Waals surface area (Å²) in [6.45, 7) is 1.15. The van der Waals surface area contributed by atoms with Gasteiger partial charge in [0.25, 0.3) is 0 Å². The second kappa shape index (κ2) is 10.1. The standard InChI is InChI=1S/C23H28N4O3S2/c1-31-15-13-21(26-32(29,30)18-9-3-2-4-10-18)23(28)27-14-7-8-17(16-27)22-24-19-11-5-6-12-20(19)25-22/h2-6,9-12,17,21,26H,7-8,13-16H2,1H3,(H,24,25)/t17-,21-/m0/s1. The molecule has 1 aliphatic rings. The topological polar surface area (TPSA) is 95.2 Å². The number of amides is 1. The highest BCUT2D eigenvalue weighted by molar-refractivity contribution is 7.98. The highest BCUT2D eigenvalue weighted by Gasteiger charge is 2.33. The number of rotatable bonds is 8. The molecule has 7 nitrogen and oxygen atoms in total. The lowest BCUT2D eigenvalue weighted by Crippen LogP contribution is -2.51. The monoisotopic (exact) mass is 472 g/mol. The van der Waals surface area contributed by atoms with Gasteiger partial charge in [-0.15, -0.1) is 0 Å². The number of fused-ring (bicyclic) bond motifs is 1. The van der Waals surface area contributed by atoms with Crippen LogP contribution >= 0.6 is 11.8 Å². The van der Waals surface area contributed by atoms with E-state index in [1.165, 1.54) is 12.1 Å². The van der Waals surface area contributed by atoms with Crippen molar-refractivity contribution in [2.24, 2.45) is 0 Å². The molecule has 1 amide bonds. The van der Waals surface area contributed by atoms with Crippen LogP contribution in [0.2, 0.25) is 0 Å². The van der Waals surface area contributed by atoms with Crippen molar-refractivity contribution < 1.29 is 13.2 Å². The summed E-state index contributed by atoms with van der Waals surface area (Å²) in [6, 6.07) is 15.3. The van der Waals surface area contributed by atoms with Gasteiger partial charge in [0, 0.05) is 19.0 Å². The van der Waals surface area contributed by atoms with Gasteiger partial charge in [-0.1, -0.05) is 30.3 Å². The molecule has 3 aromatic rings. The number of hydrogen-bond donors (Lipinski definition) is 2. The first-order valence-corrected chi connectivity index (χ1v) is 13.7. The van der Waals surface area contributed by atoms with Gasteiger partial charge in [-0.05, 0) is 55.5 Å². The van der Waals surface area contributed by atoms with Gasteiger partial charge < -0.3 is 9.88 Å². The van der Waals surface area contributed by atoms with Crippen molar-refractivity contribution in [3.8, 4) is 0 Å². The second-order valence-corrected chi connectivity index (χ2v) is 10.7. The van der Waals surface area contributed by atoms with Crippen molar-refractivity contribution in [2.75, 3.05) is 25.1 Å². The van der Waals surface area contributed by atoms with Crippen LogP contribution in [0.5, 0.6) is 0 Å². The Morgan fingerprint density at radius 2 is 1.97 bits per heavy atom. The number of imidazole rings is 1. The summed E-state index contributed by atoms with van der Waals surface area (Å²) < 4.78 is 28.4. The molecule has 9 heteroatoms. The molecule has 0 radical (unpaired) electrons. The number of para-hydroxylation sites is 2. The molecule has 0 bridgehead atoms. The maximum Gasteiger partial charge on any atom is 0.241 e. The number of likely N-dealkylation sites (tertiary alicyclic amines) is 1. The predicted molar refractivity (Wildman–Crippen MR) is 128 cm³/mol. The zero-order chi connectivity index (χ0) is 22.6. The van der Waals surface area contributed by atoms with Crippen molar-refractivity contribution in [3.63, 3.8) is 0 Å². The summed E-state index contributed by atoms with van der Waals surface area (Å²) >= 11 is 1.60. The molecule has 32 heavy (non-hydrogen) atoms. The van der Waals surface area contributed by atoms with Gasteiger partial charge in [-0.2, -0.15) is 16.5 Å². The van der Waals surface area contributed by atoms with E-state index >= 15 is 0 Å². The summed E-state index contributed by atoms with van der Waals surface area (Å²) in [5.41, 5.74) is 1.90. The molecule has 2 heterocycles. The summed E-state index contributed by atoms with van der Waals surface area (Å²) in [5, 5.41) is 0. The third-order valence-corrected chi connectivity index (χ3v) is 7.92. The third-order valence-electron chi connectivity index (χ3n) is 5.79. The first kappa shape index (κ1) is 22.8. The molecule has 170 valence electrons. The number of nitrogens with zero attached hydrogens (tertiary/aromatic N) is 2. The Hall–Kier alpha value is -2.36. The van der Waals surface area contributed by atoms with Crippen molar-refractivity contribution >= 4 is 38.7 Å². The number of piperidine rings is 1. The van der Waals surface area contributed by atoms with Crippen LogP contribution in [0.1, 0.15) is 31.0 Å². The van der Waals surface area contributed by atoms with Crippen molar-refractivity contribution in [1.82, 2.24) is 19.6 Å². The summed E-state index contributed by atoms with van der Waals surface area (Å²) in [4.78, 5) is 23.5. The minimum Gasteiger partial charge on any atom is -0.342 e. The van der Waals surface area contributed by atoms with Crippen LogP contribution in [0, 0.1) is 0 Å². The summed E-state index contributed by atoms with van der Waals surface area (Å²) in [6.07, 6.45) is 4.19. The molecule has 0 spiro atoms. The molecule has 1 saturated heterocycles. The Balaban J connectivity index is 1.51. The Labute approximate surface area is 193 Å². The smallest absolute Gasteiger partial charge is 0.241 e. The molecular weight excluding hydrogens is 444 g/mol. The lowest BCUT2D eigenvalue weighted by atomic mass is 9.96. The molecule has 1 aromatic heterocycles. The molecule has 0 aliphatic carbocycles. The zero-order valence-corrected chi connectivity index (χ0v) is 19.7. The van der Waals surface area contributed by atoms with E-state index in [2.05, 4.69) is 9.71 Å². The molecule has 1 fully saturated rings. The van der Waals surface area contributed by atoms with E-state index in [0.717, 1.165) is 29.7 Å². The van der Waals surface area contributed by atoms with E-state index in [9.17, 15) is 13.2 Å². The van der Waals surface area contributed by atoms with E-state index in [1.807, 2.05) is 30.5 Å². The predicted octanol–water partition coefficient (Wildman–Crippen LogP) is 3.37. The molecule has 2 N–H and O–H groups in total. The lowest BCUT2D eigenvalue weighted by molar-refractivity contribution is -0.134. The average molecular weight is 473 g/mol. The molecule has 0 saturated carbocycles. The Bertz CT molecular complexity index is 1130. The lowest BCUT2D eigenvalue weighted by Gasteiger charge is -2.34. The first-order chi connectivity index (χ1) is 15.5. The van der Waals surface area contributed by atoms with Gasteiger partial charge in [0.1, 0.15) is 11.9 Å². The normalized spacial score (nSPS) is 18.0. The maximum absolute atomic E-state index is 13.4. The Kier molecular flexibility index (Phi) is 7.17. The summed E-state index contributed by atoms with van der Waals surface area (Å²) in [5.74, 6) is 1.51. The van der Waals surface area contributed by atoms with E-state index in [0.29, 0.717) is 25.3 Å². The van der Waals surface area contributed by atoms with Gasteiger partial charge >= 0.3 is 0 Å². The zero-order valence-electron chi connectivity index (χ0n) is 18.0. The van der Waals surface area contributed by atoms with Crippen molar-refractivity contribution in [3.05, 3.63) is 60.4 Å². The fourth-order valence-corrected chi connectivity index (χ4v) is 5.83. The van der Waals surface area contributed by atoms with Gasteiger partial charge in [0.2, 0.25) is 15.9 Å². The minimum absolute atomic E-state index is 0.104. The largest absolute Gasteiger partial charge is 0.342 e. The third kappa shape index (κ3) is 5.16. The van der Waals surface area contributed by atoms with Crippen LogP contribution in [0.15, 0.2) is 59.5 Å². The number of carbonyl (C=O) groups excluding carboxylic acids is 1. The second-order valence-electron chi connectivity index (χ2n) is 8.03. The van der Waals surface area contributed by atoms with E-state index in [4.69, 9.17) is 4.98 Å². The van der Waals surface area contributed by atoms with E-state index in [-0.39, 0.29) is 16.7 Å². The quantitative estimate of drug-likeness (QED) is 0.524. The van der Waals surface area contributed by atoms with Crippen LogP contribution < -0.4 is 4.72 Å². The number of aromatic amines is 1. The highest BCUT2D eigenvalue weighted by atomic mass is 32.2. The molecular formula is C23H28N4O3S2. The fourth-order valence-electron chi connectivity index (χ4n) is 4.11. The number of H-pyrrole nitrogens is 1. The molecule has 4 rings (SSSR count). The van der Waals surface area contributed by atoms with Crippen LogP contribution in [0.25, 0.3) is 11.0 Å². The highest BCUT2D eigenvalue weighted by Crippen LogP contribution is 2.27. The average Bonchev–Trinajstić information content (AvgIpc) is 3.26. The fraction of sp³-hybridized carbons (Fsp3) is 0.391. The minimum atomic E-state index is -3.78. The Morgan fingerprint density at radius 3 is 2.72 bits per heavy atom. The number of nitrogens with one attached hydrogen (secondary N) is 2. The number of hydrogen-bond acceptors (Lipinski definition) is 5. The Morgan fingerprint density at radius 1 is 1.22 bits per heavy atom. The first-order valence-electron chi connectivity index (χ1n) is 10.8.